The van der Waals surface area contributed by atoms with Crippen molar-refractivity contribution in [1.82, 2.24) is 4.90 Å². The summed E-state index contributed by atoms with van der Waals surface area (Å²) in [5.41, 5.74) is 1.25. The van der Waals surface area contributed by atoms with Crippen LogP contribution in [0.2, 0.25) is 0 Å². The van der Waals surface area contributed by atoms with Crippen molar-refractivity contribution in [3.63, 3.8) is 0 Å². The van der Waals surface area contributed by atoms with E-state index in [4.69, 9.17) is 0 Å². The fourth-order valence-electron chi connectivity index (χ4n) is 3.80. The van der Waals surface area contributed by atoms with Gasteiger partial charge in [-0.1, -0.05) is 12.8 Å². The summed E-state index contributed by atoms with van der Waals surface area (Å²) in [5.74, 6) is 0.512. The van der Waals surface area contributed by atoms with E-state index in [1.807, 2.05) is 0 Å². The Bertz CT molecular complexity index is 414. The summed E-state index contributed by atoms with van der Waals surface area (Å²) in [6, 6.07) is 2.15. The quantitative estimate of drug-likeness (QED) is 0.818. The molecule has 2 nitrogen and oxygen atoms in total. The second-order valence-electron chi connectivity index (χ2n) is 5.99. The molecule has 0 N–H and O–H groups in total. The number of nitrogens with zero attached hydrogens (tertiary/aromatic N) is 1. The molecule has 1 aromatic rings. The van der Waals surface area contributed by atoms with Gasteiger partial charge in [0.15, 0.2) is 5.78 Å². The molecule has 0 amide bonds. The fraction of sp³-hybridized carbons (Fsp3) is 0.688. The van der Waals surface area contributed by atoms with Crippen molar-refractivity contribution in [2.75, 3.05) is 13.1 Å². The number of hydrogen-bond acceptors (Lipinski definition) is 3. The average molecular weight is 277 g/mol. The molecular weight excluding hydrogens is 254 g/mol. The molecule has 2 heterocycles. The van der Waals surface area contributed by atoms with Crippen LogP contribution in [0.3, 0.4) is 0 Å². The van der Waals surface area contributed by atoms with E-state index in [1.54, 1.807) is 11.3 Å². The first-order chi connectivity index (χ1) is 9.31. The van der Waals surface area contributed by atoms with Gasteiger partial charge in [-0.3, -0.25) is 9.69 Å². The molecule has 1 saturated carbocycles. The minimum Gasteiger partial charge on any atom is -0.298 e. The maximum Gasteiger partial charge on any atom is 0.153 e. The Morgan fingerprint density at radius 1 is 1.21 bits per heavy atom. The molecule has 1 aliphatic heterocycles. The van der Waals surface area contributed by atoms with E-state index < -0.39 is 0 Å². The monoisotopic (exact) mass is 277 g/mol. The molecule has 2 aliphatic rings. The Balaban J connectivity index is 1.67. The number of likely N-dealkylation sites (tertiary alicyclic amines) is 1. The smallest absolute Gasteiger partial charge is 0.153 e. The summed E-state index contributed by atoms with van der Waals surface area (Å²) < 4.78 is 0. The molecule has 3 heteroatoms. The lowest BCUT2D eigenvalue weighted by Gasteiger charge is -2.37. The molecule has 2 fully saturated rings. The first-order valence-electron chi connectivity index (χ1n) is 7.61. The van der Waals surface area contributed by atoms with Crippen molar-refractivity contribution in [2.24, 2.45) is 0 Å². The Morgan fingerprint density at radius 2 is 1.95 bits per heavy atom. The molecule has 0 spiro atoms. The molecule has 3 rings (SSSR count). The number of hydrogen-bond donors (Lipinski definition) is 0. The van der Waals surface area contributed by atoms with Gasteiger partial charge < -0.3 is 0 Å². The van der Waals surface area contributed by atoms with E-state index in [2.05, 4.69) is 21.7 Å². The summed E-state index contributed by atoms with van der Waals surface area (Å²) in [4.78, 5) is 15.3. The molecule has 0 bridgehead atoms. The number of thiophene rings is 1. The van der Waals surface area contributed by atoms with Gasteiger partial charge in [0, 0.05) is 6.42 Å². The van der Waals surface area contributed by atoms with E-state index in [0.29, 0.717) is 5.78 Å². The summed E-state index contributed by atoms with van der Waals surface area (Å²) in [7, 11) is 0. The SMILES string of the molecule is O=C(CCc1ccsc1)C1(N2CCCC2)CCCC1. The van der Waals surface area contributed by atoms with E-state index in [-0.39, 0.29) is 5.54 Å². The molecule has 104 valence electrons. The third-order valence-corrected chi connectivity index (χ3v) is 5.61. The second-order valence-corrected chi connectivity index (χ2v) is 6.77. The zero-order valence-corrected chi connectivity index (χ0v) is 12.4. The van der Waals surface area contributed by atoms with Crippen LogP contribution >= 0.6 is 11.3 Å². The summed E-state index contributed by atoms with van der Waals surface area (Å²) >= 11 is 1.73. The normalized spacial score (nSPS) is 22.9. The Labute approximate surface area is 119 Å². The van der Waals surface area contributed by atoms with Gasteiger partial charge in [0.25, 0.3) is 0 Å². The molecule has 1 saturated heterocycles. The van der Waals surface area contributed by atoms with Gasteiger partial charge in [0.05, 0.1) is 5.54 Å². The molecule has 0 unspecified atom stereocenters. The van der Waals surface area contributed by atoms with Gasteiger partial charge in [-0.25, -0.2) is 0 Å². The van der Waals surface area contributed by atoms with Crippen molar-refractivity contribution in [3.8, 4) is 0 Å². The van der Waals surface area contributed by atoms with Gasteiger partial charge in [0.2, 0.25) is 0 Å². The number of ketones is 1. The lowest BCUT2D eigenvalue weighted by atomic mass is 9.87. The predicted molar refractivity (Wildman–Crippen MR) is 79.7 cm³/mol. The summed E-state index contributed by atoms with van der Waals surface area (Å²) in [6.45, 7) is 2.29. The van der Waals surface area contributed by atoms with Crippen LogP contribution < -0.4 is 0 Å². The van der Waals surface area contributed by atoms with Gasteiger partial charge in [-0.15, -0.1) is 0 Å². The third-order valence-electron chi connectivity index (χ3n) is 4.88. The Kier molecular flexibility index (Phi) is 4.04. The summed E-state index contributed by atoms with van der Waals surface area (Å²) in [5, 5.41) is 4.27. The van der Waals surface area contributed by atoms with Crippen molar-refractivity contribution < 1.29 is 4.79 Å². The van der Waals surface area contributed by atoms with Crippen LogP contribution in [0.5, 0.6) is 0 Å². The summed E-state index contributed by atoms with van der Waals surface area (Å²) in [6.07, 6.45) is 8.90. The largest absolute Gasteiger partial charge is 0.298 e. The Morgan fingerprint density at radius 3 is 2.58 bits per heavy atom. The topological polar surface area (TPSA) is 20.3 Å². The molecule has 0 radical (unpaired) electrons. The van der Waals surface area contributed by atoms with Crippen LogP contribution in [0.25, 0.3) is 0 Å². The van der Waals surface area contributed by atoms with E-state index in [1.165, 1.54) is 31.2 Å². The van der Waals surface area contributed by atoms with Gasteiger partial charge in [0.1, 0.15) is 0 Å². The highest BCUT2D eigenvalue weighted by atomic mass is 32.1. The van der Waals surface area contributed by atoms with Crippen LogP contribution in [0.4, 0.5) is 0 Å². The lowest BCUT2D eigenvalue weighted by molar-refractivity contribution is -0.130. The van der Waals surface area contributed by atoms with Crippen molar-refractivity contribution in [3.05, 3.63) is 22.4 Å². The molecule has 0 atom stereocenters. The van der Waals surface area contributed by atoms with E-state index >= 15 is 0 Å². The van der Waals surface area contributed by atoms with Crippen molar-refractivity contribution >= 4 is 17.1 Å². The Hall–Kier alpha value is -0.670. The highest BCUT2D eigenvalue weighted by Crippen LogP contribution is 2.39. The van der Waals surface area contributed by atoms with Crippen molar-refractivity contribution in [1.29, 1.82) is 0 Å². The van der Waals surface area contributed by atoms with Crippen LogP contribution in [-0.4, -0.2) is 29.3 Å². The highest BCUT2D eigenvalue weighted by Gasteiger charge is 2.45. The molecular formula is C16H23NOS. The van der Waals surface area contributed by atoms with E-state index in [9.17, 15) is 4.79 Å². The van der Waals surface area contributed by atoms with Gasteiger partial charge in [-0.2, -0.15) is 11.3 Å². The molecule has 0 aromatic carbocycles. The maximum atomic E-state index is 12.8. The van der Waals surface area contributed by atoms with Crippen LogP contribution in [-0.2, 0) is 11.2 Å². The zero-order valence-electron chi connectivity index (χ0n) is 11.6. The fourth-order valence-corrected chi connectivity index (χ4v) is 4.51. The number of Topliss-reactive ketones (excluding diaryl/α,β-unsaturated/α-hetero) is 1. The van der Waals surface area contributed by atoms with Crippen LogP contribution in [0, 0.1) is 0 Å². The average Bonchev–Trinajstić information content (AvgIpc) is 3.15. The predicted octanol–water partition coefficient (Wildman–Crippen LogP) is 3.66. The second kappa shape index (κ2) is 5.76. The third kappa shape index (κ3) is 2.63. The molecule has 1 aromatic heterocycles. The van der Waals surface area contributed by atoms with Crippen LogP contribution in [0.15, 0.2) is 16.8 Å². The van der Waals surface area contributed by atoms with Gasteiger partial charge in [-0.05, 0) is 67.6 Å². The van der Waals surface area contributed by atoms with Crippen molar-refractivity contribution in [2.45, 2.75) is 56.9 Å². The highest BCUT2D eigenvalue weighted by molar-refractivity contribution is 7.07. The molecule has 19 heavy (non-hydrogen) atoms. The number of carbonyl (C=O) groups is 1. The minimum atomic E-state index is -0.0769. The number of carbonyl (C=O) groups excluding carboxylic acids is 1. The lowest BCUT2D eigenvalue weighted by Crippen LogP contribution is -2.51. The first kappa shape index (κ1) is 13.3. The van der Waals surface area contributed by atoms with Crippen LogP contribution in [0.1, 0.15) is 50.5 Å². The standard InChI is InChI=1S/C16H23NOS/c18-15(6-5-14-7-12-19-13-14)16(8-1-2-9-16)17-10-3-4-11-17/h7,12-13H,1-6,8-11H2. The molecule has 1 aliphatic carbocycles. The number of aryl methyl sites for hydroxylation is 1. The van der Waals surface area contributed by atoms with Gasteiger partial charge >= 0.3 is 0 Å². The number of rotatable bonds is 5. The maximum absolute atomic E-state index is 12.8. The zero-order chi connectivity index (χ0) is 13.1. The van der Waals surface area contributed by atoms with E-state index in [0.717, 1.165) is 38.8 Å². The first-order valence-corrected chi connectivity index (χ1v) is 8.55. The minimum absolute atomic E-state index is 0.0769.